The molecule has 0 fully saturated rings. The summed E-state index contributed by atoms with van der Waals surface area (Å²) in [6.45, 7) is 0. The Morgan fingerprint density at radius 2 is 1.95 bits per heavy atom. The third-order valence-electron chi connectivity index (χ3n) is 2.89. The second-order valence-electron chi connectivity index (χ2n) is 4.38. The van der Waals surface area contributed by atoms with E-state index >= 15 is 0 Å². The molecular weight excluding hydrogens is 268 g/mol. The number of benzene rings is 2. The van der Waals surface area contributed by atoms with Crippen LogP contribution in [0.4, 0.5) is 10.7 Å². The second kappa shape index (κ2) is 5.54. The van der Waals surface area contributed by atoms with Crippen LogP contribution in [0.2, 0.25) is 0 Å². The van der Waals surface area contributed by atoms with Gasteiger partial charge in [0.2, 0.25) is 5.95 Å². The molecule has 106 valence electrons. The zero-order valence-corrected chi connectivity index (χ0v) is 11.4. The van der Waals surface area contributed by atoms with E-state index in [9.17, 15) is 4.79 Å². The molecule has 1 aromatic heterocycles. The van der Waals surface area contributed by atoms with Crippen molar-refractivity contribution in [1.82, 2.24) is 15.3 Å². The first-order valence-corrected chi connectivity index (χ1v) is 6.46. The number of fused-ring (bicyclic) bond motifs is 1. The van der Waals surface area contributed by atoms with E-state index in [1.165, 1.54) is 0 Å². The number of anilines is 1. The van der Waals surface area contributed by atoms with E-state index in [1.807, 2.05) is 48.5 Å². The Bertz CT molecular complexity index is 768. The van der Waals surface area contributed by atoms with Crippen LogP contribution >= 0.6 is 0 Å². The van der Waals surface area contributed by atoms with Crippen LogP contribution in [-0.4, -0.2) is 23.0 Å². The second-order valence-corrected chi connectivity index (χ2v) is 4.38. The van der Waals surface area contributed by atoms with Crippen molar-refractivity contribution in [2.45, 2.75) is 0 Å². The first kappa shape index (κ1) is 13.0. The third-order valence-corrected chi connectivity index (χ3v) is 2.89. The molecule has 3 rings (SSSR count). The monoisotopic (exact) mass is 282 g/mol. The van der Waals surface area contributed by atoms with Crippen LogP contribution in [0, 0.1) is 0 Å². The predicted molar refractivity (Wildman–Crippen MR) is 80.7 cm³/mol. The Kier molecular flexibility index (Phi) is 3.42. The molecule has 0 aliphatic rings. The molecule has 2 amide bonds. The molecular formula is C15H14N4O2. The molecule has 0 saturated carbocycles. The SMILES string of the molecule is CNC(=O)Nc1nc2ccc(Oc3ccccc3)cc2[nH]1. The van der Waals surface area contributed by atoms with Gasteiger partial charge in [0.15, 0.2) is 0 Å². The standard InChI is InChI=1S/C15H14N4O2/c1-16-15(20)19-14-17-12-8-7-11(9-13(12)18-14)21-10-5-3-2-4-6-10/h2-9H,1H3,(H3,16,17,18,19,20). The number of para-hydroxylation sites is 1. The molecule has 6 nitrogen and oxygen atoms in total. The van der Waals surface area contributed by atoms with Crippen molar-refractivity contribution in [3.05, 3.63) is 48.5 Å². The van der Waals surface area contributed by atoms with E-state index in [0.29, 0.717) is 11.7 Å². The number of carbonyl (C=O) groups excluding carboxylic acids is 1. The minimum absolute atomic E-state index is 0.324. The van der Waals surface area contributed by atoms with Gasteiger partial charge in [0, 0.05) is 13.1 Å². The van der Waals surface area contributed by atoms with Gasteiger partial charge < -0.3 is 15.0 Å². The Morgan fingerprint density at radius 3 is 2.71 bits per heavy atom. The van der Waals surface area contributed by atoms with Crippen LogP contribution in [0.1, 0.15) is 0 Å². The van der Waals surface area contributed by atoms with Crippen molar-refractivity contribution in [2.75, 3.05) is 12.4 Å². The highest BCUT2D eigenvalue weighted by molar-refractivity contribution is 5.89. The van der Waals surface area contributed by atoms with E-state index < -0.39 is 0 Å². The highest BCUT2D eigenvalue weighted by Crippen LogP contribution is 2.25. The van der Waals surface area contributed by atoms with Gasteiger partial charge in [-0.15, -0.1) is 0 Å². The zero-order valence-electron chi connectivity index (χ0n) is 11.4. The molecule has 6 heteroatoms. The minimum Gasteiger partial charge on any atom is -0.457 e. The largest absolute Gasteiger partial charge is 0.457 e. The number of aromatic amines is 1. The number of nitrogens with zero attached hydrogens (tertiary/aromatic N) is 1. The predicted octanol–water partition coefficient (Wildman–Crippen LogP) is 3.11. The van der Waals surface area contributed by atoms with E-state index in [0.717, 1.165) is 16.8 Å². The summed E-state index contributed by atoms with van der Waals surface area (Å²) in [6.07, 6.45) is 0. The van der Waals surface area contributed by atoms with Gasteiger partial charge in [0.05, 0.1) is 11.0 Å². The van der Waals surface area contributed by atoms with Gasteiger partial charge in [-0.1, -0.05) is 18.2 Å². The topological polar surface area (TPSA) is 79.0 Å². The normalized spacial score (nSPS) is 10.3. The molecule has 2 aromatic carbocycles. The number of nitrogens with one attached hydrogen (secondary N) is 3. The lowest BCUT2D eigenvalue weighted by Crippen LogP contribution is -2.24. The number of rotatable bonds is 3. The molecule has 3 N–H and O–H groups in total. The van der Waals surface area contributed by atoms with E-state index in [1.54, 1.807) is 7.05 Å². The molecule has 1 heterocycles. The number of hydrogen-bond donors (Lipinski definition) is 3. The maximum atomic E-state index is 11.3. The van der Waals surface area contributed by atoms with Gasteiger partial charge in [-0.2, -0.15) is 0 Å². The fourth-order valence-electron chi connectivity index (χ4n) is 1.91. The van der Waals surface area contributed by atoms with Crippen molar-refractivity contribution in [1.29, 1.82) is 0 Å². The van der Waals surface area contributed by atoms with Crippen LogP contribution in [0.15, 0.2) is 48.5 Å². The van der Waals surface area contributed by atoms with Gasteiger partial charge >= 0.3 is 6.03 Å². The number of H-pyrrole nitrogens is 1. The van der Waals surface area contributed by atoms with Gasteiger partial charge in [-0.05, 0) is 24.3 Å². The van der Waals surface area contributed by atoms with E-state index in [-0.39, 0.29) is 6.03 Å². The maximum Gasteiger partial charge on any atom is 0.321 e. The summed E-state index contributed by atoms with van der Waals surface area (Å²) in [7, 11) is 1.55. The van der Waals surface area contributed by atoms with E-state index in [4.69, 9.17) is 4.74 Å². The summed E-state index contributed by atoms with van der Waals surface area (Å²) >= 11 is 0. The first-order chi connectivity index (χ1) is 10.2. The average molecular weight is 282 g/mol. The Labute approximate surface area is 121 Å². The molecule has 0 saturated heterocycles. The highest BCUT2D eigenvalue weighted by atomic mass is 16.5. The molecule has 0 aliphatic carbocycles. The van der Waals surface area contributed by atoms with Gasteiger partial charge in [-0.25, -0.2) is 9.78 Å². The number of imidazole rings is 1. The Balaban J connectivity index is 1.84. The molecule has 0 spiro atoms. The van der Waals surface area contributed by atoms with Crippen LogP contribution in [-0.2, 0) is 0 Å². The number of aromatic nitrogens is 2. The number of ether oxygens (including phenoxy) is 1. The van der Waals surface area contributed by atoms with Crippen LogP contribution in [0.25, 0.3) is 11.0 Å². The number of amides is 2. The molecule has 3 aromatic rings. The molecule has 21 heavy (non-hydrogen) atoms. The summed E-state index contributed by atoms with van der Waals surface area (Å²) in [5, 5.41) is 5.06. The first-order valence-electron chi connectivity index (χ1n) is 6.46. The summed E-state index contributed by atoms with van der Waals surface area (Å²) in [6, 6.07) is 14.7. The lowest BCUT2D eigenvalue weighted by molar-refractivity contribution is 0.254. The molecule has 0 unspecified atom stereocenters. The fourth-order valence-corrected chi connectivity index (χ4v) is 1.91. The number of carbonyl (C=O) groups is 1. The van der Waals surface area contributed by atoms with Gasteiger partial charge in [0.1, 0.15) is 11.5 Å². The highest BCUT2D eigenvalue weighted by Gasteiger charge is 2.06. The molecule has 0 atom stereocenters. The maximum absolute atomic E-state index is 11.3. The number of hydrogen-bond acceptors (Lipinski definition) is 3. The quantitative estimate of drug-likeness (QED) is 0.690. The van der Waals surface area contributed by atoms with Crippen LogP contribution in [0.3, 0.4) is 0 Å². The minimum atomic E-state index is -0.324. The summed E-state index contributed by atoms with van der Waals surface area (Å²) < 4.78 is 5.75. The Hall–Kier alpha value is -3.02. The molecule has 0 bridgehead atoms. The Morgan fingerprint density at radius 1 is 1.14 bits per heavy atom. The lowest BCUT2D eigenvalue weighted by Gasteiger charge is -2.04. The smallest absolute Gasteiger partial charge is 0.321 e. The summed E-state index contributed by atoms with van der Waals surface area (Å²) in [5.74, 6) is 1.85. The third kappa shape index (κ3) is 2.94. The van der Waals surface area contributed by atoms with Crippen LogP contribution < -0.4 is 15.4 Å². The fraction of sp³-hybridized carbons (Fsp3) is 0.0667. The number of urea groups is 1. The van der Waals surface area contributed by atoms with Crippen molar-refractivity contribution in [3.63, 3.8) is 0 Å². The van der Waals surface area contributed by atoms with Crippen molar-refractivity contribution in [3.8, 4) is 11.5 Å². The molecule has 0 radical (unpaired) electrons. The van der Waals surface area contributed by atoms with Crippen molar-refractivity contribution in [2.24, 2.45) is 0 Å². The van der Waals surface area contributed by atoms with Crippen molar-refractivity contribution < 1.29 is 9.53 Å². The zero-order chi connectivity index (χ0) is 14.7. The summed E-state index contributed by atoms with van der Waals surface area (Å²) in [4.78, 5) is 18.5. The van der Waals surface area contributed by atoms with Gasteiger partial charge in [-0.3, -0.25) is 5.32 Å². The lowest BCUT2D eigenvalue weighted by atomic mass is 10.3. The van der Waals surface area contributed by atoms with Crippen LogP contribution in [0.5, 0.6) is 11.5 Å². The van der Waals surface area contributed by atoms with Gasteiger partial charge in [0.25, 0.3) is 0 Å². The molecule has 0 aliphatic heterocycles. The summed E-state index contributed by atoms with van der Waals surface area (Å²) in [5.41, 5.74) is 1.54. The van der Waals surface area contributed by atoms with Crippen molar-refractivity contribution >= 4 is 23.0 Å². The van der Waals surface area contributed by atoms with E-state index in [2.05, 4.69) is 20.6 Å². The average Bonchev–Trinajstić information content (AvgIpc) is 2.89.